The number of rotatable bonds is 4. The quantitative estimate of drug-likeness (QED) is 0.797. The van der Waals surface area contributed by atoms with Crippen molar-refractivity contribution in [1.29, 1.82) is 0 Å². The van der Waals surface area contributed by atoms with E-state index >= 15 is 0 Å². The van der Waals surface area contributed by atoms with Gasteiger partial charge in [0.15, 0.2) is 0 Å². The Morgan fingerprint density at radius 2 is 2.00 bits per heavy atom. The number of hydrogen-bond acceptors (Lipinski definition) is 4. The van der Waals surface area contributed by atoms with E-state index in [0.717, 1.165) is 56.5 Å². The Kier molecular flexibility index (Phi) is 5.48. The van der Waals surface area contributed by atoms with Gasteiger partial charge in [0.25, 0.3) is 0 Å². The van der Waals surface area contributed by atoms with Crippen LogP contribution in [0.3, 0.4) is 0 Å². The van der Waals surface area contributed by atoms with Gasteiger partial charge in [-0.15, -0.1) is 0 Å². The first-order valence-corrected chi connectivity index (χ1v) is 9.00. The number of piperidine rings is 1. The van der Waals surface area contributed by atoms with Crippen LogP contribution in [0.25, 0.3) is 0 Å². The maximum atomic E-state index is 12.6. The van der Waals surface area contributed by atoms with Crippen molar-refractivity contribution in [3.05, 3.63) is 29.7 Å². The molecule has 0 spiro atoms. The molecule has 24 heavy (non-hydrogen) atoms. The molecule has 2 aliphatic rings. The predicted octanol–water partition coefficient (Wildman–Crippen LogP) is 3.07. The van der Waals surface area contributed by atoms with Gasteiger partial charge in [0.05, 0.1) is 6.61 Å². The average Bonchev–Trinajstić information content (AvgIpc) is 2.63. The van der Waals surface area contributed by atoms with E-state index in [0.29, 0.717) is 24.3 Å². The van der Waals surface area contributed by atoms with Crippen LogP contribution < -0.4 is 4.74 Å². The van der Waals surface area contributed by atoms with Gasteiger partial charge in [-0.3, -0.25) is 4.79 Å². The van der Waals surface area contributed by atoms with Crippen LogP contribution in [-0.4, -0.2) is 40.5 Å². The minimum Gasteiger partial charge on any atom is -0.477 e. The normalized spacial score (nSPS) is 21.8. The summed E-state index contributed by atoms with van der Waals surface area (Å²) in [6.07, 6.45) is 10.9. The number of amides is 1. The van der Waals surface area contributed by atoms with Crippen molar-refractivity contribution in [2.24, 2.45) is 11.8 Å². The summed E-state index contributed by atoms with van der Waals surface area (Å²) in [5.41, 5.74) is 1.97. The van der Waals surface area contributed by atoms with Gasteiger partial charge in [-0.2, -0.15) is 0 Å². The summed E-state index contributed by atoms with van der Waals surface area (Å²) in [6, 6.07) is 0. The second-order valence-electron chi connectivity index (χ2n) is 6.95. The second-order valence-corrected chi connectivity index (χ2v) is 6.95. The van der Waals surface area contributed by atoms with Crippen molar-refractivity contribution in [2.45, 2.75) is 46.0 Å². The van der Waals surface area contributed by atoms with E-state index in [1.54, 1.807) is 6.33 Å². The summed E-state index contributed by atoms with van der Waals surface area (Å²) in [4.78, 5) is 23.0. The first-order chi connectivity index (χ1) is 11.6. The lowest BCUT2D eigenvalue weighted by Gasteiger charge is -2.34. The molecule has 1 saturated heterocycles. The lowest BCUT2D eigenvalue weighted by Crippen LogP contribution is -2.42. The lowest BCUT2D eigenvalue weighted by molar-refractivity contribution is -0.137. The van der Waals surface area contributed by atoms with Gasteiger partial charge < -0.3 is 9.64 Å². The molecule has 0 saturated carbocycles. The number of carbonyl (C=O) groups is 1. The summed E-state index contributed by atoms with van der Waals surface area (Å²) in [7, 11) is 0. The molecule has 5 nitrogen and oxygen atoms in total. The molecule has 0 aromatic carbocycles. The van der Waals surface area contributed by atoms with E-state index in [1.807, 2.05) is 13.8 Å². The van der Waals surface area contributed by atoms with Crippen LogP contribution >= 0.6 is 0 Å². The fourth-order valence-corrected chi connectivity index (χ4v) is 3.45. The van der Waals surface area contributed by atoms with E-state index in [9.17, 15) is 4.79 Å². The van der Waals surface area contributed by atoms with E-state index in [1.165, 1.54) is 0 Å². The fraction of sp³-hybridized carbons (Fsp3) is 0.632. The van der Waals surface area contributed by atoms with Crippen LogP contribution in [0.15, 0.2) is 18.5 Å². The molecule has 2 heterocycles. The van der Waals surface area contributed by atoms with Gasteiger partial charge in [0.1, 0.15) is 6.33 Å². The average molecular weight is 329 g/mol. The van der Waals surface area contributed by atoms with Gasteiger partial charge in [0, 0.05) is 30.3 Å². The van der Waals surface area contributed by atoms with Crippen molar-refractivity contribution in [3.8, 4) is 5.88 Å². The van der Waals surface area contributed by atoms with Gasteiger partial charge >= 0.3 is 0 Å². The van der Waals surface area contributed by atoms with E-state index < -0.39 is 0 Å². The summed E-state index contributed by atoms with van der Waals surface area (Å²) >= 11 is 0. The Morgan fingerprint density at radius 3 is 2.71 bits per heavy atom. The first-order valence-electron chi connectivity index (χ1n) is 9.00. The molecule has 130 valence electrons. The molecule has 1 atom stereocenters. The van der Waals surface area contributed by atoms with Crippen molar-refractivity contribution in [3.63, 3.8) is 0 Å². The van der Waals surface area contributed by atoms with Crippen LogP contribution in [0.1, 0.15) is 43.4 Å². The number of aryl methyl sites for hydroxylation is 1. The number of allylic oxidation sites excluding steroid dienone is 2. The highest BCUT2D eigenvalue weighted by atomic mass is 16.5. The Hall–Kier alpha value is -1.91. The third-order valence-electron chi connectivity index (χ3n) is 5.29. The topological polar surface area (TPSA) is 55.3 Å². The van der Waals surface area contributed by atoms with Gasteiger partial charge in [-0.25, -0.2) is 9.97 Å². The number of likely N-dealkylation sites (tertiary alicyclic amines) is 1. The largest absolute Gasteiger partial charge is 0.477 e. The second kappa shape index (κ2) is 7.77. The van der Waals surface area contributed by atoms with Crippen LogP contribution in [0, 0.1) is 25.7 Å². The Bertz CT molecular complexity index is 607. The fourth-order valence-electron chi connectivity index (χ4n) is 3.45. The summed E-state index contributed by atoms with van der Waals surface area (Å²) < 4.78 is 5.91. The SMILES string of the molecule is Cc1ncnc(OCC2CCN(C(=O)C3CC=CCC3)CC2)c1C. The highest BCUT2D eigenvalue weighted by Crippen LogP contribution is 2.25. The molecule has 1 aliphatic carbocycles. The van der Waals surface area contributed by atoms with Crippen LogP contribution in [0.4, 0.5) is 0 Å². The molecule has 1 unspecified atom stereocenters. The smallest absolute Gasteiger partial charge is 0.226 e. The number of carbonyl (C=O) groups excluding carboxylic acids is 1. The first kappa shape index (κ1) is 16.9. The highest BCUT2D eigenvalue weighted by Gasteiger charge is 2.28. The van der Waals surface area contributed by atoms with E-state index in [2.05, 4.69) is 27.0 Å². The standard InChI is InChI=1S/C19H27N3O2/c1-14-15(2)20-13-21-18(14)24-12-16-8-10-22(11-9-16)19(23)17-6-4-3-5-7-17/h3-4,13,16-17H,5-12H2,1-2H3. The molecule has 1 aromatic rings. The molecule has 0 N–H and O–H groups in total. The lowest BCUT2D eigenvalue weighted by atomic mass is 9.91. The molecule has 0 radical (unpaired) electrons. The van der Waals surface area contributed by atoms with Gasteiger partial charge in [-0.1, -0.05) is 12.2 Å². The van der Waals surface area contributed by atoms with Gasteiger partial charge in [0.2, 0.25) is 11.8 Å². The summed E-state index contributed by atoms with van der Waals surface area (Å²) in [5, 5.41) is 0. The van der Waals surface area contributed by atoms with E-state index in [-0.39, 0.29) is 5.92 Å². The molecule has 1 aliphatic heterocycles. The van der Waals surface area contributed by atoms with Crippen molar-refractivity contribution in [2.75, 3.05) is 19.7 Å². The molecular weight excluding hydrogens is 302 g/mol. The zero-order valence-corrected chi connectivity index (χ0v) is 14.7. The number of hydrogen-bond donors (Lipinski definition) is 0. The van der Waals surface area contributed by atoms with Crippen LogP contribution in [0.2, 0.25) is 0 Å². The van der Waals surface area contributed by atoms with E-state index in [4.69, 9.17) is 4.74 Å². The Labute approximate surface area is 144 Å². The molecule has 5 heteroatoms. The van der Waals surface area contributed by atoms with Crippen LogP contribution in [-0.2, 0) is 4.79 Å². The minimum absolute atomic E-state index is 0.203. The maximum absolute atomic E-state index is 12.6. The molecule has 1 aromatic heterocycles. The zero-order chi connectivity index (χ0) is 16.9. The molecule has 1 amide bonds. The number of aromatic nitrogens is 2. The predicted molar refractivity (Wildman–Crippen MR) is 92.8 cm³/mol. The summed E-state index contributed by atoms with van der Waals surface area (Å²) in [5.74, 6) is 1.74. The third-order valence-corrected chi connectivity index (χ3v) is 5.29. The van der Waals surface area contributed by atoms with Crippen LogP contribution in [0.5, 0.6) is 5.88 Å². The van der Waals surface area contributed by atoms with Crippen molar-refractivity contribution >= 4 is 5.91 Å². The van der Waals surface area contributed by atoms with Crippen molar-refractivity contribution in [1.82, 2.24) is 14.9 Å². The zero-order valence-electron chi connectivity index (χ0n) is 14.7. The molecular formula is C19H27N3O2. The Morgan fingerprint density at radius 1 is 1.21 bits per heavy atom. The monoisotopic (exact) mass is 329 g/mol. The maximum Gasteiger partial charge on any atom is 0.226 e. The number of ether oxygens (including phenoxy) is 1. The number of nitrogens with zero attached hydrogens (tertiary/aromatic N) is 3. The highest BCUT2D eigenvalue weighted by molar-refractivity contribution is 5.79. The Balaban J connectivity index is 1.46. The molecule has 3 rings (SSSR count). The third kappa shape index (κ3) is 3.94. The minimum atomic E-state index is 0.203. The molecule has 0 bridgehead atoms. The summed E-state index contributed by atoms with van der Waals surface area (Å²) in [6.45, 7) is 6.34. The molecule has 1 fully saturated rings. The van der Waals surface area contributed by atoms with Gasteiger partial charge in [-0.05, 0) is 51.9 Å². The van der Waals surface area contributed by atoms with Crippen molar-refractivity contribution < 1.29 is 9.53 Å².